The molecule has 0 saturated heterocycles. The first-order valence-electron chi connectivity index (χ1n) is 5.65. The number of aromatic nitrogens is 3. The second kappa shape index (κ2) is 6.61. The summed E-state index contributed by atoms with van der Waals surface area (Å²) in [5, 5.41) is 10.00. The summed E-state index contributed by atoms with van der Waals surface area (Å²) in [4.78, 5) is 5.62. The molecular formula is C12H15N3S2. The van der Waals surface area contributed by atoms with E-state index in [1.54, 1.807) is 23.1 Å². The Hall–Kier alpha value is -1.07. The smallest absolute Gasteiger partial charge is 0.208 e. The van der Waals surface area contributed by atoms with Crippen LogP contribution >= 0.6 is 23.1 Å². The fourth-order valence-electron chi connectivity index (χ4n) is 1.25. The van der Waals surface area contributed by atoms with Gasteiger partial charge < -0.3 is 0 Å². The van der Waals surface area contributed by atoms with Crippen LogP contribution in [0.5, 0.6) is 0 Å². The van der Waals surface area contributed by atoms with Crippen molar-refractivity contribution in [2.75, 3.05) is 5.75 Å². The van der Waals surface area contributed by atoms with E-state index in [1.807, 2.05) is 18.2 Å². The maximum atomic E-state index is 4.40. The summed E-state index contributed by atoms with van der Waals surface area (Å²) in [6, 6.07) is 4.12. The van der Waals surface area contributed by atoms with Crippen LogP contribution in [0.1, 0.15) is 30.5 Å². The summed E-state index contributed by atoms with van der Waals surface area (Å²) in [6.45, 7) is 2.19. The third kappa shape index (κ3) is 4.02. The van der Waals surface area contributed by atoms with E-state index in [0.29, 0.717) is 0 Å². The lowest BCUT2D eigenvalue weighted by atomic mass is 10.4. The average Bonchev–Trinajstić information content (AvgIpc) is 2.98. The number of aromatic amines is 1. The maximum absolute atomic E-state index is 4.40. The third-order valence-electron chi connectivity index (χ3n) is 2.16. The summed E-state index contributed by atoms with van der Waals surface area (Å²) in [5.41, 5.74) is 0. The molecule has 0 aliphatic rings. The first-order valence-corrected chi connectivity index (χ1v) is 7.52. The number of H-pyrrole nitrogens is 1. The van der Waals surface area contributed by atoms with Gasteiger partial charge in [0.2, 0.25) is 5.16 Å². The summed E-state index contributed by atoms with van der Waals surface area (Å²) >= 11 is 3.42. The Balaban J connectivity index is 1.89. The van der Waals surface area contributed by atoms with E-state index in [4.69, 9.17) is 0 Å². The Labute approximate surface area is 109 Å². The Bertz CT molecular complexity index is 460. The van der Waals surface area contributed by atoms with Gasteiger partial charge >= 0.3 is 0 Å². The minimum Gasteiger partial charge on any atom is -0.259 e. The highest BCUT2D eigenvalue weighted by Crippen LogP contribution is 2.16. The van der Waals surface area contributed by atoms with Crippen LogP contribution in [0.4, 0.5) is 0 Å². The zero-order chi connectivity index (χ0) is 11.9. The number of unbranched alkanes of at least 4 members (excludes halogenated alkanes) is 1. The minimum absolute atomic E-state index is 0.817. The predicted octanol–water partition coefficient (Wildman–Crippen LogP) is 3.93. The van der Waals surface area contributed by atoms with Crippen molar-refractivity contribution in [2.24, 2.45) is 0 Å². The molecule has 0 bridgehead atoms. The minimum atomic E-state index is 0.817. The van der Waals surface area contributed by atoms with Crippen LogP contribution in [-0.4, -0.2) is 20.9 Å². The average molecular weight is 265 g/mol. The third-order valence-corrected chi connectivity index (χ3v) is 3.93. The highest BCUT2D eigenvalue weighted by molar-refractivity contribution is 7.99. The van der Waals surface area contributed by atoms with E-state index in [9.17, 15) is 0 Å². The second-order valence-electron chi connectivity index (χ2n) is 3.55. The number of hydrogen-bond donors (Lipinski definition) is 1. The molecule has 2 aromatic heterocycles. The zero-order valence-corrected chi connectivity index (χ0v) is 11.4. The van der Waals surface area contributed by atoms with E-state index in [2.05, 4.69) is 33.6 Å². The maximum Gasteiger partial charge on any atom is 0.208 e. The van der Waals surface area contributed by atoms with Gasteiger partial charge in [0.1, 0.15) is 5.82 Å². The number of hydrogen-bond acceptors (Lipinski definition) is 4. The van der Waals surface area contributed by atoms with E-state index in [1.165, 1.54) is 17.7 Å². The molecule has 0 unspecified atom stereocenters. The molecule has 1 N–H and O–H groups in total. The molecule has 0 aliphatic carbocycles. The van der Waals surface area contributed by atoms with Gasteiger partial charge in [-0.25, -0.2) is 4.98 Å². The summed E-state index contributed by atoms with van der Waals surface area (Å²) < 4.78 is 0. The SMILES string of the molecule is CCCCSc1n[nH]c(C=Cc2cccs2)n1. The first-order chi connectivity index (χ1) is 8.38. The van der Waals surface area contributed by atoms with Gasteiger partial charge in [0.15, 0.2) is 0 Å². The summed E-state index contributed by atoms with van der Waals surface area (Å²) in [7, 11) is 0. The van der Waals surface area contributed by atoms with Crippen molar-refractivity contribution in [1.29, 1.82) is 0 Å². The van der Waals surface area contributed by atoms with Crippen molar-refractivity contribution < 1.29 is 0 Å². The molecule has 0 atom stereocenters. The Morgan fingerprint density at radius 2 is 2.41 bits per heavy atom. The molecule has 0 aliphatic heterocycles. The zero-order valence-electron chi connectivity index (χ0n) is 9.72. The lowest BCUT2D eigenvalue weighted by Crippen LogP contribution is -1.80. The molecule has 5 heteroatoms. The predicted molar refractivity (Wildman–Crippen MR) is 75.3 cm³/mol. The normalized spacial score (nSPS) is 11.4. The number of nitrogens with zero attached hydrogens (tertiary/aromatic N) is 2. The van der Waals surface area contributed by atoms with Crippen LogP contribution in [0.15, 0.2) is 22.7 Å². The number of thioether (sulfide) groups is 1. The van der Waals surface area contributed by atoms with Crippen molar-refractivity contribution in [2.45, 2.75) is 24.9 Å². The first kappa shape index (κ1) is 12.4. The van der Waals surface area contributed by atoms with Gasteiger partial charge in [0.25, 0.3) is 0 Å². The second-order valence-corrected chi connectivity index (χ2v) is 5.60. The lowest BCUT2D eigenvalue weighted by molar-refractivity contribution is 0.889. The van der Waals surface area contributed by atoms with E-state index in [-0.39, 0.29) is 0 Å². The van der Waals surface area contributed by atoms with E-state index >= 15 is 0 Å². The molecule has 0 saturated carbocycles. The van der Waals surface area contributed by atoms with Gasteiger partial charge in [-0.3, -0.25) is 5.10 Å². The number of nitrogens with one attached hydrogen (secondary N) is 1. The lowest BCUT2D eigenvalue weighted by Gasteiger charge is -1.91. The molecule has 2 rings (SSSR count). The number of rotatable bonds is 6. The van der Waals surface area contributed by atoms with Crippen molar-refractivity contribution in [3.8, 4) is 0 Å². The highest BCUT2D eigenvalue weighted by atomic mass is 32.2. The molecule has 0 radical (unpaired) electrons. The van der Waals surface area contributed by atoms with Crippen molar-refractivity contribution in [3.63, 3.8) is 0 Å². The van der Waals surface area contributed by atoms with Crippen molar-refractivity contribution in [1.82, 2.24) is 15.2 Å². The van der Waals surface area contributed by atoms with Gasteiger partial charge in [-0.15, -0.1) is 16.4 Å². The van der Waals surface area contributed by atoms with Gasteiger partial charge in [0.05, 0.1) is 0 Å². The molecule has 0 aromatic carbocycles. The highest BCUT2D eigenvalue weighted by Gasteiger charge is 2.00. The van der Waals surface area contributed by atoms with Crippen LogP contribution in [0, 0.1) is 0 Å². The molecule has 3 nitrogen and oxygen atoms in total. The summed E-state index contributed by atoms with van der Waals surface area (Å²) in [5.74, 6) is 1.90. The molecule has 2 heterocycles. The van der Waals surface area contributed by atoms with Crippen molar-refractivity contribution >= 4 is 35.3 Å². The number of thiophene rings is 1. The van der Waals surface area contributed by atoms with Gasteiger partial charge in [-0.1, -0.05) is 31.2 Å². The molecule has 0 spiro atoms. The Morgan fingerprint density at radius 3 is 3.18 bits per heavy atom. The molecule has 2 aromatic rings. The Morgan fingerprint density at radius 1 is 1.47 bits per heavy atom. The van der Waals surface area contributed by atoms with Crippen LogP contribution in [-0.2, 0) is 0 Å². The topological polar surface area (TPSA) is 41.6 Å². The molecule has 90 valence electrons. The van der Waals surface area contributed by atoms with Crippen LogP contribution < -0.4 is 0 Å². The largest absolute Gasteiger partial charge is 0.259 e. The van der Waals surface area contributed by atoms with Crippen LogP contribution in [0.2, 0.25) is 0 Å². The Kier molecular flexibility index (Phi) is 4.82. The van der Waals surface area contributed by atoms with Crippen molar-refractivity contribution in [3.05, 3.63) is 28.2 Å². The van der Waals surface area contributed by atoms with E-state index in [0.717, 1.165) is 16.7 Å². The molecular weight excluding hydrogens is 250 g/mol. The molecule has 0 fully saturated rings. The van der Waals surface area contributed by atoms with Crippen LogP contribution in [0.3, 0.4) is 0 Å². The quantitative estimate of drug-likeness (QED) is 0.635. The van der Waals surface area contributed by atoms with Gasteiger partial charge in [-0.05, 0) is 30.0 Å². The molecule has 17 heavy (non-hydrogen) atoms. The molecule has 0 amide bonds. The van der Waals surface area contributed by atoms with Crippen LogP contribution in [0.25, 0.3) is 12.2 Å². The fourth-order valence-corrected chi connectivity index (χ4v) is 2.76. The van der Waals surface area contributed by atoms with E-state index < -0.39 is 0 Å². The van der Waals surface area contributed by atoms with Gasteiger partial charge in [-0.2, -0.15) is 0 Å². The fraction of sp³-hybridized carbons (Fsp3) is 0.333. The standard InChI is InChI=1S/C12H15N3S2/c1-2-3-8-17-12-13-11(14-15-12)7-6-10-5-4-9-16-10/h4-7,9H,2-3,8H2,1H3,(H,13,14,15). The summed E-state index contributed by atoms with van der Waals surface area (Å²) in [6.07, 6.45) is 6.43. The van der Waals surface area contributed by atoms with Gasteiger partial charge in [0, 0.05) is 10.6 Å². The monoisotopic (exact) mass is 265 g/mol.